The Kier molecular flexibility index (Phi) is 9.19. The third-order valence-corrected chi connectivity index (χ3v) is 12.0. The third-order valence-electron chi connectivity index (χ3n) is 10.8. The molecule has 14 heteroatoms. The summed E-state index contributed by atoms with van der Waals surface area (Å²) in [6.07, 6.45) is -5.29. The van der Waals surface area contributed by atoms with Crippen molar-refractivity contribution in [2.75, 3.05) is 17.7 Å². The summed E-state index contributed by atoms with van der Waals surface area (Å²) in [5.74, 6) is -2.76. The number of fused-ring (bicyclic) bond motifs is 4. The van der Waals surface area contributed by atoms with Gasteiger partial charge in [0.15, 0.2) is 0 Å². The summed E-state index contributed by atoms with van der Waals surface area (Å²) in [4.78, 5) is 27.3. The van der Waals surface area contributed by atoms with Crippen molar-refractivity contribution >= 4 is 44.6 Å². The molecule has 51 heavy (non-hydrogen) atoms. The highest BCUT2D eigenvalue weighted by molar-refractivity contribution is 7.20. The van der Waals surface area contributed by atoms with Crippen LogP contribution in [0.25, 0.3) is 10.1 Å². The van der Waals surface area contributed by atoms with Crippen LogP contribution in [-0.2, 0) is 29.0 Å². The van der Waals surface area contributed by atoms with Crippen LogP contribution in [-0.4, -0.2) is 29.6 Å². The minimum Gasteiger partial charge on any atom is -0.496 e. The van der Waals surface area contributed by atoms with Gasteiger partial charge in [0, 0.05) is 20.7 Å². The van der Waals surface area contributed by atoms with Crippen LogP contribution in [0.15, 0.2) is 54.6 Å². The Labute approximate surface area is 293 Å². The lowest BCUT2D eigenvalue weighted by Crippen LogP contribution is -2.53. The van der Waals surface area contributed by atoms with E-state index in [9.17, 15) is 45.4 Å². The van der Waals surface area contributed by atoms with Crippen LogP contribution in [0, 0.1) is 11.2 Å². The molecule has 0 atom stereocenters. The Morgan fingerprint density at radius 3 is 2.12 bits per heavy atom. The van der Waals surface area contributed by atoms with E-state index in [2.05, 4.69) is 10.6 Å². The highest BCUT2D eigenvalue weighted by Gasteiger charge is 2.55. The summed E-state index contributed by atoms with van der Waals surface area (Å²) >= 11 is 0.818. The number of carbonyl (C=O) groups excluding carboxylic acids is 2. The van der Waals surface area contributed by atoms with E-state index in [1.807, 2.05) is 19.9 Å². The van der Waals surface area contributed by atoms with E-state index in [-0.39, 0.29) is 48.5 Å². The number of nitrogens with one attached hydrogen (secondary N) is 2. The van der Waals surface area contributed by atoms with Crippen LogP contribution in [0.3, 0.4) is 0 Å². The summed E-state index contributed by atoms with van der Waals surface area (Å²) in [6, 6.07) is 10.3. The zero-order valence-electron chi connectivity index (χ0n) is 27.9. The first-order valence-corrected chi connectivity index (χ1v) is 17.1. The molecular formula is C37H35F7N2O4S. The number of hydrogen-bond donors (Lipinski definition) is 3. The number of ether oxygens (including phenoxy) is 1. The van der Waals surface area contributed by atoms with Crippen molar-refractivity contribution in [3.05, 3.63) is 87.5 Å². The molecule has 6 nitrogen and oxygen atoms in total. The molecule has 272 valence electrons. The van der Waals surface area contributed by atoms with Crippen molar-refractivity contribution < 1.29 is 50.2 Å². The Hall–Kier alpha value is -4.17. The minimum atomic E-state index is -5.02. The SMILES string of the molecule is COc1ccc(C23CCC(C(C)(C)O)(CC2)CC3)cc1C(=O)Nc1c(CC(=O)Nc2ccc(F)c(C(F)(F)F)c2)sc2cc(C(F)(F)F)ccc12. The predicted octanol–water partition coefficient (Wildman–Crippen LogP) is 9.88. The number of halogens is 7. The van der Waals surface area contributed by atoms with Crippen molar-refractivity contribution in [1.29, 1.82) is 0 Å². The van der Waals surface area contributed by atoms with Gasteiger partial charge < -0.3 is 20.5 Å². The van der Waals surface area contributed by atoms with Crippen LogP contribution in [0.2, 0.25) is 0 Å². The van der Waals surface area contributed by atoms with E-state index in [1.54, 1.807) is 12.1 Å². The van der Waals surface area contributed by atoms with Gasteiger partial charge in [-0.2, -0.15) is 26.3 Å². The number of anilines is 2. The van der Waals surface area contributed by atoms with Crippen LogP contribution in [0.1, 0.15) is 84.3 Å². The maximum atomic E-state index is 14.0. The zero-order valence-corrected chi connectivity index (χ0v) is 28.7. The highest BCUT2D eigenvalue weighted by atomic mass is 32.1. The van der Waals surface area contributed by atoms with Gasteiger partial charge in [-0.15, -0.1) is 11.3 Å². The molecule has 3 aliphatic rings. The molecule has 0 aliphatic heterocycles. The van der Waals surface area contributed by atoms with Crippen molar-refractivity contribution in [3.8, 4) is 5.75 Å². The number of alkyl halides is 6. The molecule has 3 saturated carbocycles. The number of methoxy groups -OCH3 is 1. The molecule has 0 saturated heterocycles. The van der Waals surface area contributed by atoms with Crippen molar-refractivity contribution in [2.45, 2.75) is 82.2 Å². The minimum absolute atomic E-state index is 0.0647. The van der Waals surface area contributed by atoms with Gasteiger partial charge in [-0.05, 0) is 111 Å². The third kappa shape index (κ3) is 6.92. The lowest BCUT2D eigenvalue weighted by molar-refractivity contribution is -0.140. The highest BCUT2D eigenvalue weighted by Crippen LogP contribution is 2.61. The van der Waals surface area contributed by atoms with E-state index in [0.29, 0.717) is 12.1 Å². The molecule has 1 aromatic heterocycles. The second-order valence-corrected chi connectivity index (χ2v) is 15.2. The Morgan fingerprint density at radius 2 is 1.53 bits per heavy atom. The van der Waals surface area contributed by atoms with Crippen molar-refractivity contribution in [1.82, 2.24) is 0 Å². The van der Waals surface area contributed by atoms with Gasteiger partial charge in [-0.3, -0.25) is 9.59 Å². The second kappa shape index (κ2) is 12.8. The van der Waals surface area contributed by atoms with Crippen molar-refractivity contribution in [3.63, 3.8) is 0 Å². The van der Waals surface area contributed by atoms with Crippen LogP contribution < -0.4 is 15.4 Å². The lowest BCUT2D eigenvalue weighted by Gasteiger charge is -2.58. The quantitative estimate of drug-likeness (QED) is 0.157. The van der Waals surface area contributed by atoms with E-state index < -0.39 is 53.1 Å². The van der Waals surface area contributed by atoms with E-state index in [4.69, 9.17) is 4.74 Å². The van der Waals surface area contributed by atoms with E-state index >= 15 is 0 Å². The van der Waals surface area contributed by atoms with Gasteiger partial charge in [0.2, 0.25) is 5.91 Å². The predicted molar refractivity (Wildman–Crippen MR) is 180 cm³/mol. The fourth-order valence-corrected chi connectivity index (χ4v) is 8.89. The standard InChI is InChI=1S/C37H35F7N2O4S/c1-33(2,49)35-13-10-34(11-14-35,12-15-35)20-5-9-27(50-3)24(16-20)32(48)46-31-23-7-4-21(36(39,40)41)17-28(23)51-29(31)19-30(47)45-22-6-8-26(38)25(18-22)37(42,43)44/h4-9,16-18,49H,10-15,19H2,1-3H3,(H,45,47)(H,46,48). The molecule has 3 aliphatic carbocycles. The fraction of sp³-hybridized carbons (Fsp3) is 0.405. The van der Waals surface area contributed by atoms with Gasteiger partial charge in [0.1, 0.15) is 11.6 Å². The van der Waals surface area contributed by atoms with Crippen LogP contribution in [0.5, 0.6) is 5.75 Å². The summed E-state index contributed by atoms with van der Waals surface area (Å²) in [5, 5.41) is 16.2. The summed E-state index contributed by atoms with van der Waals surface area (Å²) < 4.78 is 100. The van der Waals surface area contributed by atoms with Crippen LogP contribution >= 0.6 is 11.3 Å². The van der Waals surface area contributed by atoms with E-state index in [0.717, 1.165) is 73.6 Å². The summed E-state index contributed by atoms with van der Waals surface area (Å²) in [7, 11) is 1.40. The fourth-order valence-electron chi connectivity index (χ4n) is 7.69. The maximum Gasteiger partial charge on any atom is 0.419 e. The number of benzene rings is 3. The molecule has 4 aromatic rings. The summed E-state index contributed by atoms with van der Waals surface area (Å²) in [5.41, 5.74) is -2.92. The van der Waals surface area contributed by atoms with Crippen LogP contribution in [0.4, 0.5) is 42.1 Å². The number of aliphatic hydroxyl groups is 1. The molecule has 7 rings (SSSR count). The number of rotatable bonds is 8. The molecule has 3 aromatic carbocycles. The molecule has 1 heterocycles. The first-order chi connectivity index (χ1) is 23.7. The number of hydrogen-bond acceptors (Lipinski definition) is 5. The average molecular weight is 737 g/mol. The molecule has 3 N–H and O–H groups in total. The number of amides is 2. The second-order valence-electron chi connectivity index (χ2n) is 14.0. The first-order valence-electron chi connectivity index (χ1n) is 16.3. The van der Waals surface area contributed by atoms with Gasteiger partial charge in [-0.1, -0.05) is 12.1 Å². The topological polar surface area (TPSA) is 87.7 Å². The van der Waals surface area contributed by atoms with Crippen molar-refractivity contribution in [2.24, 2.45) is 5.41 Å². The van der Waals surface area contributed by atoms with Gasteiger partial charge in [0.25, 0.3) is 5.91 Å². The smallest absolute Gasteiger partial charge is 0.419 e. The molecule has 0 spiro atoms. The molecule has 3 fully saturated rings. The molecule has 0 radical (unpaired) electrons. The lowest BCUT2D eigenvalue weighted by atomic mass is 9.48. The van der Waals surface area contributed by atoms with Gasteiger partial charge in [0.05, 0.1) is 41.5 Å². The molecule has 0 unspecified atom stereocenters. The summed E-state index contributed by atoms with van der Waals surface area (Å²) in [6.45, 7) is 3.70. The zero-order chi connectivity index (χ0) is 37.1. The number of thiophene rings is 1. The van der Waals surface area contributed by atoms with Gasteiger partial charge in [-0.25, -0.2) is 4.39 Å². The first kappa shape index (κ1) is 36.6. The van der Waals surface area contributed by atoms with E-state index in [1.165, 1.54) is 13.2 Å². The normalized spacial score (nSPS) is 20.8. The average Bonchev–Trinajstić information content (AvgIpc) is 3.40. The molecular weight excluding hydrogens is 701 g/mol. The number of carbonyl (C=O) groups is 2. The Balaban J connectivity index is 1.32. The maximum absolute atomic E-state index is 14.0. The Morgan fingerprint density at radius 1 is 0.863 bits per heavy atom. The van der Waals surface area contributed by atoms with Gasteiger partial charge >= 0.3 is 12.4 Å². The largest absolute Gasteiger partial charge is 0.496 e. The molecule has 2 amide bonds. The Bertz CT molecular complexity index is 1990. The molecule has 2 bridgehead atoms. The monoisotopic (exact) mass is 736 g/mol.